The lowest BCUT2D eigenvalue weighted by atomic mass is 10.2. The Morgan fingerprint density at radius 2 is 2.18 bits per heavy atom. The maximum Gasteiger partial charge on any atom is 0.252 e. The van der Waals surface area contributed by atoms with Crippen LogP contribution in [0.25, 0.3) is 0 Å². The van der Waals surface area contributed by atoms with Crippen LogP contribution in [0.3, 0.4) is 0 Å². The van der Waals surface area contributed by atoms with Crippen LogP contribution in [0, 0.1) is 0 Å². The van der Waals surface area contributed by atoms with Crippen LogP contribution >= 0.6 is 11.3 Å². The standard InChI is InChI=1S/C11H11N3O2S/c12-10(15)8-3-1-2-4-9(8)16-6-7-5-14-11(13)17-7/h1-5H,6H2,(H2,12,15)(H2,13,14). The Kier molecular flexibility index (Phi) is 3.24. The fourth-order valence-electron chi connectivity index (χ4n) is 1.33. The number of rotatable bonds is 4. The summed E-state index contributed by atoms with van der Waals surface area (Å²) in [5, 5.41) is 0.492. The van der Waals surface area contributed by atoms with Gasteiger partial charge in [0.05, 0.1) is 10.4 Å². The second-order valence-corrected chi connectivity index (χ2v) is 4.46. The first kappa shape index (κ1) is 11.4. The SMILES string of the molecule is NC(=O)c1ccccc1OCc1cnc(N)s1. The Bertz CT molecular complexity index is 539. The number of hydrogen-bond acceptors (Lipinski definition) is 5. The molecule has 0 radical (unpaired) electrons. The molecule has 0 bridgehead atoms. The average Bonchev–Trinajstić information content (AvgIpc) is 2.73. The van der Waals surface area contributed by atoms with Gasteiger partial charge in [0.2, 0.25) is 0 Å². The van der Waals surface area contributed by atoms with Crippen LogP contribution in [-0.4, -0.2) is 10.9 Å². The monoisotopic (exact) mass is 249 g/mol. The van der Waals surface area contributed by atoms with Gasteiger partial charge in [0, 0.05) is 6.20 Å². The number of para-hydroxylation sites is 1. The topological polar surface area (TPSA) is 91.2 Å². The lowest BCUT2D eigenvalue weighted by Crippen LogP contribution is -2.12. The quantitative estimate of drug-likeness (QED) is 0.856. The molecule has 0 aliphatic rings. The molecular weight excluding hydrogens is 238 g/mol. The molecule has 1 amide bonds. The molecule has 1 heterocycles. The molecule has 0 fully saturated rings. The number of hydrogen-bond donors (Lipinski definition) is 2. The molecule has 6 heteroatoms. The molecule has 4 N–H and O–H groups in total. The summed E-state index contributed by atoms with van der Waals surface area (Å²) in [5.74, 6) is -0.0450. The summed E-state index contributed by atoms with van der Waals surface area (Å²) in [4.78, 5) is 16.0. The summed E-state index contributed by atoms with van der Waals surface area (Å²) in [6, 6.07) is 6.84. The molecule has 5 nitrogen and oxygen atoms in total. The van der Waals surface area contributed by atoms with E-state index < -0.39 is 5.91 Å². The number of nitrogens with two attached hydrogens (primary N) is 2. The summed E-state index contributed by atoms with van der Waals surface area (Å²) in [7, 11) is 0. The predicted octanol–water partition coefficient (Wildman–Crippen LogP) is 1.40. The Balaban J connectivity index is 2.11. The van der Waals surface area contributed by atoms with Crippen molar-refractivity contribution in [1.82, 2.24) is 4.98 Å². The maximum absolute atomic E-state index is 11.1. The number of carbonyl (C=O) groups excluding carboxylic acids is 1. The summed E-state index contributed by atoms with van der Waals surface area (Å²) in [6.45, 7) is 0.319. The van der Waals surface area contributed by atoms with E-state index in [1.165, 1.54) is 11.3 Å². The molecule has 1 aromatic carbocycles. The first-order valence-electron chi connectivity index (χ1n) is 4.88. The molecule has 88 valence electrons. The van der Waals surface area contributed by atoms with Gasteiger partial charge in [-0.05, 0) is 12.1 Å². The van der Waals surface area contributed by atoms with Crippen molar-refractivity contribution in [2.24, 2.45) is 5.73 Å². The highest BCUT2D eigenvalue weighted by Gasteiger charge is 2.08. The van der Waals surface area contributed by atoms with Gasteiger partial charge >= 0.3 is 0 Å². The van der Waals surface area contributed by atoms with E-state index in [0.717, 1.165) is 4.88 Å². The van der Waals surface area contributed by atoms with Gasteiger partial charge in [0.1, 0.15) is 12.4 Å². The Labute approximate surface area is 102 Å². The van der Waals surface area contributed by atoms with Crippen molar-refractivity contribution in [1.29, 1.82) is 0 Å². The van der Waals surface area contributed by atoms with Crippen molar-refractivity contribution in [2.75, 3.05) is 5.73 Å². The number of carbonyl (C=O) groups is 1. The molecule has 0 unspecified atom stereocenters. The van der Waals surface area contributed by atoms with Crippen molar-refractivity contribution in [3.8, 4) is 5.75 Å². The van der Waals surface area contributed by atoms with Crippen molar-refractivity contribution in [3.05, 3.63) is 40.9 Å². The predicted molar refractivity (Wildman–Crippen MR) is 65.8 cm³/mol. The summed E-state index contributed by atoms with van der Waals surface area (Å²) in [6.07, 6.45) is 1.65. The van der Waals surface area contributed by atoms with Crippen molar-refractivity contribution in [2.45, 2.75) is 6.61 Å². The van der Waals surface area contributed by atoms with Crippen LogP contribution in [0.1, 0.15) is 15.2 Å². The van der Waals surface area contributed by atoms with E-state index in [4.69, 9.17) is 16.2 Å². The normalized spacial score (nSPS) is 10.1. The number of aromatic nitrogens is 1. The van der Waals surface area contributed by atoms with Gasteiger partial charge < -0.3 is 16.2 Å². The van der Waals surface area contributed by atoms with Gasteiger partial charge in [-0.2, -0.15) is 0 Å². The van der Waals surface area contributed by atoms with E-state index in [-0.39, 0.29) is 0 Å². The molecular formula is C11H11N3O2S. The number of ether oxygens (including phenoxy) is 1. The molecule has 2 aromatic rings. The van der Waals surface area contributed by atoms with Crippen molar-refractivity contribution < 1.29 is 9.53 Å². The first-order valence-corrected chi connectivity index (χ1v) is 5.70. The Morgan fingerprint density at radius 3 is 2.82 bits per heavy atom. The Morgan fingerprint density at radius 1 is 1.41 bits per heavy atom. The number of anilines is 1. The van der Waals surface area contributed by atoms with E-state index in [1.807, 2.05) is 0 Å². The highest BCUT2D eigenvalue weighted by atomic mass is 32.1. The number of amides is 1. The third-order valence-corrected chi connectivity index (χ3v) is 2.89. The minimum absolute atomic E-state index is 0.319. The van der Waals surface area contributed by atoms with Crippen molar-refractivity contribution >= 4 is 22.4 Å². The van der Waals surface area contributed by atoms with E-state index in [1.54, 1.807) is 30.5 Å². The Hall–Kier alpha value is -2.08. The summed E-state index contributed by atoms with van der Waals surface area (Å²) in [5.41, 5.74) is 11.1. The second-order valence-electron chi connectivity index (χ2n) is 3.31. The molecule has 2 rings (SSSR count). The molecule has 0 spiro atoms. The third kappa shape index (κ3) is 2.73. The zero-order chi connectivity index (χ0) is 12.3. The largest absolute Gasteiger partial charge is 0.487 e. The van der Waals surface area contributed by atoms with Crippen LogP contribution < -0.4 is 16.2 Å². The van der Waals surface area contributed by atoms with Gasteiger partial charge in [0.15, 0.2) is 5.13 Å². The molecule has 0 atom stereocenters. The fourth-order valence-corrected chi connectivity index (χ4v) is 1.93. The minimum atomic E-state index is -0.510. The number of nitrogen functional groups attached to an aromatic ring is 1. The minimum Gasteiger partial charge on any atom is -0.487 e. The van der Waals surface area contributed by atoms with Gasteiger partial charge in [-0.15, -0.1) is 0 Å². The average molecular weight is 249 g/mol. The molecule has 0 saturated heterocycles. The highest BCUT2D eigenvalue weighted by molar-refractivity contribution is 7.15. The molecule has 0 aliphatic heterocycles. The maximum atomic E-state index is 11.1. The molecule has 0 saturated carbocycles. The lowest BCUT2D eigenvalue weighted by molar-refractivity contribution is 0.0996. The van der Waals surface area contributed by atoms with Crippen LogP contribution in [0.5, 0.6) is 5.75 Å². The van der Waals surface area contributed by atoms with E-state index in [2.05, 4.69) is 4.98 Å². The van der Waals surface area contributed by atoms with Gasteiger partial charge in [-0.1, -0.05) is 23.5 Å². The van der Waals surface area contributed by atoms with E-state index in [9.17, 15) is 4.79 Å². The van der Waals surface area contributed by atoms with Crippen LogP contribution in [-0.2, 0) is 6.61 Å². The van der Waals surface area contributed by atoms with Crippen LogP contribution in [0.15, 0.2) is 30.5 Å². The number of benzene rings is 1. The molecule has 0 aliphatic carbocycles. The third-order valence-electron chi connectivity index (χ3n) is 2.09. The first-order chi connectivity index (χ1) is 8.16. The number of primary amides is 1. The van der Waals surface area contributed by atoms with Crippen LogP contribution in [0.2, 0.25) is 0 Å². The zero-order valence-electron chi connectivity index (χ0n) is 8.92. The summed E-state index contributed by atoms with van der Waals surface area (Å²) < 4.78 is 5.51. The van der Waals surface area contributed by atoms with Gasteiger partial charge in [-0.3, -0.25) is 4.79 Å². The number of nitrogens with zero attached hydrogens (tertiary/aromatic N) is 1. The molecule has 1 aromatic heterocycles. The summed E-state index contributed by atoms with van der Waals surface area (Å²) >= 11 is 1.35. The van der Waals surface area contributed by atoms with E-state index in [0.29, 0.717) is 23.1 Å². The lowest BCUT2D eigenvalue weighted by Gasteiger charge is -2.07. The second kappa shape index (κ2) is 4.84. The van der Waals surface area contributed by atoms with Gasteiger partial charge in [-0.25, -0.2) is 4.98 Å². The van der Waals surface area contributed by atoms with Crippen LogP contribution in [0.4, 0.5) is 5.13 Å². The highest BCUT2D eigenvalue weighted by Crippen LogP contribution is 2.21. The fraction of sp³-hybridized carbons (Fsp3) is 0.0909. The van der Waals surface area contributed by atoms with E-state index >= 15 is 0 Å². The molecule has 17 heavy (non-hydrogen) atoms. The van der Waals surface area contributed by atoms with Crippen molar-refractivity contribution in [3.63, 3.8) is 0 Å². The smallest absolute Gasteiger partial charge is 0.252 e. The zero-order valence-corrected chi connectivity index (χ0v) is 9.74. The van der Waals surface area contributed by atoms with Gasteiger partial charge in [0.25, 0.3) is 5.91 Å². The number of thiazole rings is 1.